The van der Waals surface area contributed by atoms with E-state index < -0.39 is 17.1 Å². The van der Waals surface area contributed by atoms with Crippen molar-refractivity contribution < 1.29 is 9.18 Å². The number of nitrogens with zero attached hydrogens (tertiary/aromatic N) is 3. The lowest BCUT2D eigenvalue weighted by molar-refractivity contribution is 0.0958. The molecule has 1 aromatic carbocycles. The number of hydrogen-bond donors (Lipinski definition) is 3. The Morgan fingerprint density at radius 1 is 1.13 bits per heavy atom. The van der Waals surface area contributed by atoms with Crippen LogP contribution in [-0.4, -0.2) is 59.0 Å². The lowest BCUT2D eigenvalue weighted by atomic mass is 10.1. The number of anilines is 1. The smallest absolute Gasteiger partial charge is 0.326 e. The minimum Gasteiger partial charge on any atom is -0.368 e. The molecule has 10 heteroatoms. The number of hydrogen-bond acceptors (Lipinski definition) is 6. The largest absolute Gasteiger partial charge is 0.368 e. The summed E-state index contributed by atoms with van der Waals surface area (Å²) in [7, 11) is 1.56. The number of aromatic nitrogens is 3. The summed E-state index contributed by atoms with van der Waals surface area (Å²) in [6.45, 7) is 3.25. The average Bonchev–Trinajstić information content (AvgIpc) is 2.76. The first-order valence-corrected chi connectivity index (χ1v) is 9.55. The van der Waals surface area contributed by atoms with E-state index in [1.54, 1.807) is 25.4 Å². The highest BCUT2D eigenvalue weighted by Gasteiger charge is 2.20. The lowest BCUT2D eigenvalue weighted by Crippen LogP contribution is -2.46. The second-order valence-electron chi connectivity index (χ2n) is 7.11. The standard InChI is InChI=1S/C20H21FN6O3/c1-22-19(29)15-5-3-13(10-23-15)27-8-6-26(7-9-27)11-12-2-4-14-17(16(12)21)24-20(30)25-18(14)28/h2-5,10H,6-9,11H2,1H3,(H,22,29)(H2,24,25,28,30). The van der Waals surface area contributed by atoms with Gasteiger partial charge in [0.25, 0.3) is 11.5 Å². The molecule has 3 heterocycles. The molecule has 1 saturated heterocycles. The summed E-state index contributed by atoms with van der Waals surface area (Å²) in [5.74, 6) is -0.806. The third-order valence-electron chi connectivity index (χ3n) is 5.27. The molecule has 0 bridgehead atoms. The Kier molecular flexibility index (Phi) is 5.32. The number of carbonyl (C=O) groups is 1. The van der Waals surface area contributed by atoms with Gasteiger partial charge in [0.1, 0.15) is 5.69 Å². The minimum absolute atomic E-state index is 0.0674. The molecule has 9 nitrogen and oxygen atoms in total. The van der Waals surface area contributed by atoms with Crippen molar-refractivity contribution in [1.29, 1.82) is 0 Å². The van der Waals surface area contributed by atoms with Crippen LogP contribution in [0.5, 0.6) is 0 Å². The Labute approximate surface area is 170 Å². The number of benzene rings is 1. The van der Waals surface area contributed by atoms with Crippen LogP contribution in [0.25, 0.3) is 10.9 Å². The maximum absolute atomic E-state index is 14.9. The summed E-state index contributed by atoms with van der Waals surface area (Å²) in [6, 6.07) is 6.66. The zero-order chi connectivity index (χ0) is 21.3. The predicted molar refractivity (Wildman–Crippen MR) is 110 cm³/mol. The molecule has 0 atom stereocenters. The van der Waals surface area contributed by atoms with Gasteiger partial charge in [0.05, 0.1) is 22.8 Å². The van der Waals surface area contributed by atoms with E-state index in [-0.39, 0.29) is 16.8 Å². The maximum Gasteiger partial charge on any atom is 0.326 e. The quantitative estimate of drug-likeness (QED) is 0.573. The average molecular weight is 412 g/mol. The summed E-state index contributed by atoms with van der Waals surface area (Å²) in [5.41, 5.74) is 0.313. The van der Waals surface area contributed by atoms with Crippen molar-refractivity contribution in [3.8, 4) is 0 Å². The Morgan fingerprint density at radius 3 is 2.57 bits per heavy atom. The van der Waals surface area contributed by atoms with E-state index in [1.165, 1.54) is 6.07 Å². The van der Waals surface area contributed by atoms with E-state index in [0.717, 1.165) is 18.8 Å². The van der Waals surface area contributed by atoms with Crippen LogP contribution in [0.4, 0.5) is 10.1 Å². The van der Waals surface area contributed by atoms with Crippen LogP contribution >= 0.6 is 0 Å². The number of H-pyrrole nitrogens is 2. The molecule has 4 rings (SSSR count). The van der Waals surface area contributed by atoms with Crippen molar-refractivity contribution in [3.63, 3.8) is 0 Å². The van der Waals surface area contributed by atoms with Gasteiger partial charge < -0.3 is 15.2 Å². The number of fused-ring (bicyclic) bond motifs is 1. The van der Waals surface area contributed by atoms with Gasteiger partial charge in [-0.2, -0.15) is 0 Å². The van der Waals surface area contributed by atoms with Crippen molar-refractivity contribution in [2.24, 2.45) is 0 Å². The topological polar surface area (TPSA) is 114 Å². The molecule has 3 aromatic rings. The molecule has 156 valence electrons. The van der Waals surface area contributed by atoms with E-state index in [1.807, 2.05) is 6.07 Å². The number of pyridine rings is 1. The van der Waals surface area contributed by atoms with Crippen LogP contribution in [0, 0.1) is 5.82 Å². The molecule has 0 aliphatic carbocycles. The fourth-order valence-corrected chi connectivity index (χ4v) is 3.61. The van der Waals surface area contributed by atoms with Crippen molar-refractivity contribution >= 4 is 22.5 Å². The Hall–Kier alpha value is -3.53. The number of halogens is 1. The predicted octanol–water partition coefficient (Wildman–Crippen LogP) is 0.432. The number of aromatic amines is 2. The Bertz CT molecular complexity index is 1200. The van der Waals surface area contributed by atoms with Crippen LogP contribution in [0.2, 0.25) is 0 Å². The molecule has 0 saturated carbocycles. The van der Waals surface area contributed by atoms with Crippen LogP contribution < -0.4 is 21.5 Å². The molecule has 0 spiro atoms. The summed E-state index contributed by atoms with van der Waals surface area (Å²) >= 11 is 0. The number of rotatable bonds is 4. The van der Waals surface area contributed by atoms with E-state index in [9.17, 15) is 18.8 Å². The van der Waals surface area contributed by atoms with Crippen LogP contribution in [0.15, 0.2) is 40.1 Å². The highest BCUT2D eigenvalue weighted by atomic mass is 19.1. The number of piperazine rings is 1. The van der Waals surface area contributed by atoms with Crippen molar-refractivity contribution in [1.82, 2.24) is 25.2 Å². The van der Waals surface area contributed by atoms with Gasteiger partial charge in [0.2, 0.25) is 0 Å². The molecule has 0 unspecified atom stereocenters. The molecule has 1 aliphatic heterocycles. The third-order valence-corrected chi connectivity index (χ3v) is 5.27. The molecule has 1 fully saturated rings. The van der Waals surface area contributed by atoms with Gasteiger partial charge in [0, 0.05) is 45.3 Å². The SMILES string of the molecule is CNC(=O)c1ccc(N2CCN(Cc3ccc4c(=O)[nH]c(=O)[nH]c4c3F)CC2)cn1. The lowest BCUT2D eigenvalue weighted by Gasteiger charge is -2.36. The van der Waals surface area contributed by atoms with Gasteiger partial charge in [0.15, 0.2) is 5.82 Å². The van der Waals surface area contributed by atoms with Gasteiger partial charge in [-0.1, -0.05) is 6.07 Å². The molecular formula is C20H21FN6O3. The van der Waals surface area contributed by atoms with Gasteiger partial charge in [-0.05, 0) is 18.2 Å². The minimum atomic E-state index is -0.729. The van der Waals surface area contributed by atoms with Gasteiger partial charge in [-0.25, -0.2) is 14.2 Å². The second kappa shape index (κ2) is 8.07. The zero-order valence-corrected chi connectivity index (χ0v) is 16.4. The van der Waals surface area contributed by atoms with E-state index in [2.05, 4.69) is 30.1 Å². The summed E-state index contributed by atoms with van der Waals surface area (Å²) in [5, 5.41) is 2.66. The molecular weight excluding hydrogens is 391 g/mol. The highest BCUT2D eigenvalue weighted by molar-refractivity contribution is 5.92. The second-order valence-corrected chi connectivity index (χ2v) is 7.11. The molecule has 0 radical (unpaired) electrons. The number of nitrogens with one attached hydrogen (secondary N) is 3. The molecule has 1 aliphatic rings. The molecule has 30 heavy (non-hydrogen) atoms. The van der Waals surface area contributed by atoms with Gasteiger partial charge >= 0.3 is 5.69 Å². The first-order valence-electron chi connectivity index (χ1n) is 9.55. The zero-order valence-electron chi connectivity index (χ0n) is 16.4. The van der Waals surface area contributed by atoms with Crippen LogP contribution in [0.3, 0.4) is 0 Å². The van der Waals surface area contributed by atoms with Gasteiger partial charge in [-0.15, -0.1) is 0 Å². The summed E-state index contributed by atoms with van der Waals surface area (Å²) < 4.78 is 14.9. The molecule has 3 N–H and O–H groups in total. The van der Waals surface area contributed by atoms with E-state index in [4.69, 9.17) is 0 Å². The summed E-state index contributed by atoms with van der Waals surface area (Å²) in [4.78, 5) is 47.8. The monoisotopic (exact) mass is 412 g/mol. The Balaban J connectivity index is 1.44. The normalized spacial score (nSPS) is 14.8. The highest BCUT2D eigenvalue weighted by Crippen LogP contribution is 2.20. The van der Waals surface area contributed by atoms with E-state index in [0.29, 0.717) is 30.9 Å². The van der Waals surface area contributed by atoms with E-state index >= 15 is 0 Å². The van der Waals surface area contributed by atoms with Crippen molar-refractivity contribution in [2.45, 2.75) is 6.54 Å². The van der Waals surface area contributed by atoms with Crippen molar-refractivity contribution in [3.05, 3.63) is 68.4 Å². The third kappa shape index (κ3) is 3.81. The number of carbonyl (C=O) groups excluding carboxylic acids is 1. The molecule has 1 amide bonds. The number of amides is 1. The van der Waals surface area contributed by atoms with Crippen molar-refractivity contribution in [2.75, 3.05) is 38.1 Å². The fourth-order valence-electron chi connectivity index (χ4n) is 3.61. The maximum atomic E-state index is 14.9. The summed E-state index contributed by atoms with van der Waals surface area (Å²) in [6.07, 6.45) is 1.68. The Morgan fingerprint density at radius 2 is 1.90 bits per heavy atom. The first kappa shape index (κ1) is 19.8. The van der Waals surface area contributed by atoms with Gasteiger partial charge in [-0.3, -0.25) is 19.5 Å². The fraction of sp³-hybridized carbons (Fsp3) is 0.300. The molecule has 2 aromatic heterocycles. The van der Waals surface area contributed by atoms with Crippen LogP contribution in [0.1, 0.15) is 16.1 Å². The van der Waals surface area contributed by atoms with Crippen LogP contribution in [-0.2, 0) is 6.54 Å². The first-order chi connectivity index (χ1) is 14.5.